The Bertz CT molecular complexity index is 417. The van der Waals surface area contributed by atoms with Crippen LogP contribution < -0.4 is 0 Å². The summed E-state index contributed by atoms with van der Waals surface area (Å²) >= 11 is 1.44. The Balaban J connectivity index is 2.52. The van der Waals surface area contributed by atoms with Crippen LogP contribution in [-0.2, 0) is 9.53 Å². The van der Waals surface area contributed by atoms with Crippen molar-refractivity contribution in [2.75, 3.05) is 19.7 Å². The van der Waals surface area contributed by atoms with E-state index in [4.69, 9.17) is 4.74 Å². The summed E-state index contributed by atoms with van der Waals surface area (Å²) in [5.41, 5.74) is 0. The average molecular weight is 311 g/mol. The predicted octanol–water partition coefficient (Wildman–Crippen LogP) is 3.72. The fraction of sp³-hybridized carbons (Fsp3) is 0.625. The van der Waals surface area contributed by atoms with Gasteiger partial charge in [-0.1, -0.05) is 32.3 Å². The van der Waals surface area contributed by atoms with Gasteiger partial charge in [0.15, 0.2) is 0 Å². The molecule has 1 heterocycles. The zero-order valence-electron chi connectivity index (χ0n) is 13.0. The second kappa shape index (κ2) is 10.4. The molecule has 0 spiro atoms. The largest absolute Gasteiger partial charge is 0.466 e. The second-order valence-corrected chi connectivity index (χ2v) is 5.83. The molecular formula is C16H25NO3S. The van der Waals surface area contributed by atoms with Crippen LogP contribution >= 0.6 is 11.3 Å². The lowest BCUT2D eigenvalue weighted by molar-refractivity contribution is -0.143. The zero-order valence-corrected chi connectivity index (χ0v) is 13.8. The van der Waals surface area contributed by atoms with Crippen molar-refractivity contribution in [3.05, 3.63) is 22.4 Å². The van der Waals surface area contributed by atoms with E-state index < -0.39 is 0 Å². The van der Waals surface area contributed by atoms with Gasteiger partial charge in [-0.05, 0) is 24.8 Å². The van der Waals surface area contributed by atoms with E-state index in [2.05, 4.69) is 6.92 Å². The lowest BCUT2D eigenvalue weighted by atomic mass is 10.2. The molecule has 0 atom stereocenters. The van der Waals surface area contributed by atoms with Crippen LogP contribution in [-0.4, -0.2) is 36.5 Å². The highest BCUT2D eigenvalue weighted by molar-refractivity contribution is 7.12. The van der Waals surface area contributed by atoms with Gasteiger partial charge in [-0.15, -0.1) is 11.3 Å². The van der Waals surface area contributed by atoms with Gasteiger partial charge in [-0.25, -0.2) is 0 Å². The van der Waals surface area contributed by atoms with Gasteiger partial charge in [0, 0.05) is 13.1 Å². The van der Waals surface area contributed by atoms with Crippen LogP contribution in [0.3, 0.4) is 0 Å². The normalized spacial score (nSPS) is 10.4. The first-order chi connectivity index (χ1) is 10.2. The molecule has 0 N–H and O–H groups in total. The van der Waals surface area contributed by atoms with Gasteiger partial charge in [0.1, 0.15) is 0 Å². The molecule has 1 aromatic heterocycles. The molecule has 118 valence electrons. The lowest BCUT2D eigenvalue weighted by Gasteiger charge is -2.21. The Labute approximate surface area is 131 Å². The minimum absolute atomic E-state index is 0.0193. The lowest BCUT2D eigenvalue weighted by Crippen LogP contribution is -2.33. The monoisotopic (exact) mass is 311 g/mol. The minimum Gasteiger partial charge on any atom is -0.466 e. The molecule has 0 fully saturated rings. The van der Waals surface area contributed by atoms with Crippen molar-refractivity contribution in [3.8, 4) is 0 Å². The first-order valence-corrected chi connectivity index (χ1v) is 8.55. The van der Waals surface area contributed by atoms with Gasteiger partial charge in [-0.3, -0.25) is 9.59 Å². The van der Waals surface area contributed by atoms with Gasteiger partial charge in [0.25, 0.3) is 5.91 Å². The van der Waals surface area contributed by atoms with Gasteiger partial charge in [0.05, 0.1) is 17.9 Å². The molecule has 0 aliphatic carbocycles. The number of carbonyl (C=O) groups excluding carboxylic acids is 2. The van der Waals surface area contributed by atoms with Crippen LogP contribution in [0.1, 0.15) is 55.6 Å². The predicted molar refractivity (Wildman–Crippen MR) is 85.6 cm³/mol. The van der Waals surface area contributed by atoms with Gasteiger partial charge >= 0.3 is 5.97 Å². The molecule has 0 aliphatic heterocycles. The van der Waals surface area contributed by atoms with Crippen molar-refractivity contribution >= 4 is 23.2 Å². The third kappa shape index (κ3) is 6.76. The van der Waals surface area contributed by atoms with Crippen molar-refractivity contribution < 1.29 is 14.3 Å². The maximum Gasteiger partial charge on any atom is 0.307 e. The number of thiophene rings is 1. The molecule has 5 heteroatoms. The quantitative estimate of drug-likeness (QED) is 0.488. The molecular weight excluding hydrogens is 286 g/mol. The van der Waals surface area contributed by atoms with E-state index in [1.807, 2.05) is 17.5 Å². The number of hydrogen-bond acceptors (Lipinski definition) is 4. The summed E-state index contributed by atoms with van der Waals surface area (Å²) in [7, 11) is 0. The van der Waals surface area contributed by atoms with Gasteiger partial charge < -0.3 is 9.64 Å². The highest BCUT2D eigenvalue weighted by Gasteiger charge is 2.17. The number of unbranched alkanes of at least 4 members (excludes halogenated alkanes) is 3. The Morgan fingerprint density at radius 3 is 2.62 bits per heavy atom. The first kappa shape index (κ1) is 17.7. The molecule has 1 rings (SSSR count). The summed E-state index contributed by atoms with van der Waals surface area (Å²) in [4.78, 5) is 26.4. The van der Waals surface area contributed by atoms with Crippen LogP contribution in [0.25, 0.3) is 0 Å². The molecule has 0 aromatic carbocycles. The molecule has 4 nitrogen and oxygen atoms in total. The Morgan fingerprint density at radius 1 is 1.19 bits per heavy atom. The van der Waals surface area contributed by atoms with E-state index >= 15 is 0 Å². The van der Waals surface area contributed by atoms with E-state index in [1.54, 1.807) is 11.8 Å². The fourth-order valence-electron chi connectivity index (χ4n) is 2.06. The van der Waals surface area contributed by atoms with E-state index in [-0.39, 0.29) is 18.3 Å². The summed E-state index contributed by atoms with van der Waals surface area (Å²) < 4.78 is 4.93. The van der Waals surface area contributed by atoms with Crippen molar-refractivity contribution in [2.45, 2.75) is 46.0 Å². The third-order valence-electron chi connectivity index (χ3n) is 3.19. The molecule has 1 amide bonds. The number of rotatable bonds is 10. The standard InChI is InChI=1S/C16H25NO3S/c1-3-5-6-7-11-17(12-10-15(18)20-4-2)16(19)14-9-8-13-21-14/h8-9,13H,3-7,10-12H2,1-2H3. The summed E-state index contributed by atoms with van der Waals surface area (Å²) in [5.74, 6) is -0.221. The summed E-state index contributed by atoms with van der Waals surface area (Å²) in [6.45, 7) is 5.47. The molecule has 21 heavy (non-hydrogen) atoms. The minimum atomic E-state index is -0.241. The molecule has 1 aromatic rings. The number of ether oxygens (including phenoxy) is 1. The number of nitrogens with zero attached hydrogens (tertiary/aromatic N) is 1. The van der Waals surface area contributed by atoms with Crippen molar-refractivity contribution in [1.82, 2.24) is 4.90 Å². The Morgan fingerprint density at radius 2 is 2.00 bits per heavy atom. The zero-order chi connectivity index (χ0) is 15.5. The molecule has 0 aliphatic rings. The van der Waals surface area contributed by atoms with E-state index in [9.17, 15) is 9.59 Å². The highest BCUT2D eigenvalue weighted by Crippen LogP contribution is 2.13. The summed E-state index contributed by atoms with van der Waals surface area (Å²) in [5, 5.41) is 1.90. The number of carbonyl (C=O) groups is 2. The van der Waals surface area contributed by atoms with Gasteiger partial charge in [0.2, 0.25) is 0 Å². The van der Waals surface area contributed by atoms with E-state index in [1.165, 1.54) is 24.2 Å². The van der Waals surface area contributed by atoms with E-state index in [0.717, 1.165) is 17.7 Å². The van der Waals surface area contributed by atoms with Crippen LogP contribution in [0.15, 0.2) is 17.5 Å². The van der Waals surface area contributed by atoms with E-state index in [0.29, 0.717) is 19.7 Å². The molecule has 0 saturated carbocycles. The summed E-state index contributed by atoms with van der Waals surface area (Å²) in [6, 6.07) is 3.70. The smallest absolute Gasteiger partial charge is 0.307 e. The van der Waals surface area contributed by atoms with Crippen LogP contribution in [0.5, 0.6) is 0 Å². The molecule has 0 unspecified atom stereocenters. The number of amides is 1. The van der Waals surface area contributed by atoms with Crippen molar-refractivity contribution in [3.63, 3.8) is 0 Å². The topological polar surface area (TPSA) is 46.6 Å². The average Bonchev–Trinajstić information content (AvgIpc) is 3.00. The molecule has 0 radical (unpaired) electrons. The van der Waals surface area contributed by atoms with Crippen molar-refractivity contribution in [2.24, 2.45) is 0 Å². The summed E-state index contributed by atoms with van der Waals surface area (Å²) in [6.07, 6.45) is 4.71. The fourth-order valence-corrected chi connectivity index (χ4v) is 2.75. The third-order valence-corrected chi connectivity index (χ3v) is 4.05. The molecule has 0 bridgehead atoms. The van der Waals surface area contributed by atoms with Gasteiger partial charge in [-0.2, -0.15) is 0 Å². The first-order valence-electron chi connectivity index (χ1n) is 7.67. The van der Waals surface area contributed by atoms with Crippen LogP contribution in [0.4, 0.5) is 0 Å². The maximum absolute atomic E-state index is 12.4. The highest BCUT2D eigenvalue weighted by atomic mass is 32.1. The Hall–Kier alpha value is -1.36. The second-order valence-electron chi connectivity index (χ2n) is 4.89. The van der Waals surface area contributed by atoms with Crippen LogP contribution in [0.2, 0.25) is 0 Å². The number of esters is 1. The number of hydrogen-bond donors (Lipinski definition) is 0. The van der Waals surface area contributed by atoms with Crippen LogP contribution in [0, 0.1) is 0 Å². The van der Waals surface area contributed by atoms with Crippen molar-refractivity contribution in [1.29, 1.82) is 0 Å². The molecule has 0 saturated heterocycles. The maximum atomic E-state index is 12.4. The SMILES string of the molecule is CCCCCCN(CCC(=O)OCC)C(=O)c1cccs1. The Kier molecular flexibility index (Phi) is 8.74.